The molecule has 2 rings (SSSR count). The Hall–Kier alpha value is -1.73. The molecular formula is C12H15FN2O4. The Morgan fingerprint density at radius 2 is 2.16 bits per heavy atom. The molecular weight excluding hydrogens is 255 g/mol. The first-order chi connectivity index (χ1) is 9.00. The Bertz CT molecular complexity index is 475. The van der Waals surface area contributed by atoms with Crippen molar-refractivity contribution in [2.24, 2.45) is 0 Å². The van der Waals surface area contributed by atoms with Crippen molar-refractivity contribution in [2.45, 2.75) is 18.4 Å². The van der Waals surface area contributed by atoms with Gasteiger partial charge in [-0.1, -0.05) is 0 Å². The van der Waals surface area contributed by atoms with Gasteiger partial charge in [0, 0.05) is 12.1 Å². The molecule has 0 spiro atoms. The van der Waals surface area contributed by atoms with E-state index < -0.39 is 22.0 Å². The van der Waals surface area contributed by atoms with Crippen molar-refractivity contribution < 1.29 is 19.2 Å². The van der Waals surface area contributed by atoms with Gasteiger partial charge in [-0.15, -0.1) is 0 Å². The van der Waals surface area contributed by atoms with E-state index in [-0.39, 0.29) is 12.4 Å². The zero-order chi connectivity index (χ0) is 13.9. The number of hydrogen-bond donors (Lipinski definition) is 2. The van der Waals surface area contributed by atoms with Gasteiger partial charge in [0.1, 0.15) is 18.0 Å². The van der Waals surface area contributed by atoms with Crippen LogP contribution < -0.4 is 10.1 Å². The fourth-order valence-corrected chi connectivity index (χ4v) is 1.98. The average Bonchev–Trinajstić information content (AvgIpc) is 2.37. The van der Waals surface area contributed by atoms with Gasteiger partial charge in [-0.2, -0.15) is 4.39 Å². The highest BCUT2D eigenvalue weighted by Crippen LogP contribution is 2.24. The SMILES string of the molecule is O=[N+]([O-])c1ccc(OCC2(O)CCNCC2)cc1F. The summed E-state index contributed by atoms with van der Waals surface area (Å²) in [6.07, 6.45) is 1.12. The molecule has 7 heteroatoms. The largest absolute Gasteiger partial charge is 0.490 e. The molecule has 6 nitrogen and oxygen atoms in total. The zero-order valence-electron chi connectivity index (χ0n) is 10.3. The van der Waals surface area contributed by atoms with Crippen molar-refractivity contribution in [1.29, 1.82) is 0 Å². The molecule has 1 aromatic rings. The van der Waals surface area contributed by atoms with Crippen LogP contribution in [0.15, 0.2) is 18.2 Å². The minimum Gasteiger partial charge on any atom is -0.490 e. The first-order valence-electron chi connectivity index (χ1n) is 6.00. The fraction of sp³-hybridized carbons (Fsp3) is 0.500. The summed E-state index contributed by atoms with van der Waals surface area (Å²) in [6, 6.07) is 3.34. The van der Waals surface area contributed by atoms with E-state index in [0.717, 1.165) is 12.1 Å². The molecule has 0 aromatic heterocycles. The molecule has 104 valence electrons. The summed E-state index contributed by atoms with van der Waals surface area (Å²) in [6.45, 7) is 1.45. The molecule has 1 fully saturated rings. The second-order valence-electron chi connectivity index (χ2n) is 4.63. The molecule has 0 aliphatic carbocycles. The van der Waals surface area contributed by atoms with E-state index in [1.807, 2.05) is 0 Å². The van der Waals surface area contributed by atoms with Crippen molar-refractivity contribution in [2.75, 3.05) is 19.7 Å². The van der Waals surface area contributed by atoms with E-state index in [0.29, 0.717) is 25.9 Å². The summed E-state index contributed by atoms with van der Waals surface area (Å²) < 4.78 is 18.7. The fourth-order valence-electron chi connectivity index (χ4n) is 1.98. The lowest BCUT2D eigenvalue weighted by Crippen LogP contribution is -2.45. The summed E-state index contributed by atoms with van der Waals surface area (Å²) in [5, 5.41) is 23.8. The molecule has 0 unspecified atom stereocenters. The summed E-state index contributed by atoms with van der Waals surface area (Å²) in [5.74, 6) is -0.769. The second kappa shape index (κ2) is 5.50. The summed E-state index contributed by atoms with van der Waals surface area (Å²) in [5.41, 5.74) is -1.52. The van der Waals surface area contributed by atoms with E-state index in [2.05, 4.69) is 5.32 Å². The van der Waals surface area contributed by atoms with Gasteiger partial charge in [0.2, 0.25) is 5.82 Å². The third-order valence-corrected chi connectivity index (χ3v) is 3.16. The van der Waals surface area contributed by atoms with Gasteiger partial charge in [-0.25, -0.2) is 0 Å². The number of nitrogens with zero attached hydrogens (tertiary/aromatic N) is 1. The third kappa shape index (κ3) is 3.39. The number of hydrogen-bond acceptors (Lipinski definition) is 5. The summed E-state index contributed by atoms with van der Waals surface area (Å²) in [7, 11) is 0. The Morgan fingerprint density at radius 3 is 2.74 bits per heavy atom. The number of nitrogens with one attached hydrogen (secondary N) is 1. The smallest absolute Gasteiger partial charge is 0.305 e. The molecule has 1 aliphatic rings. The van der Waals surface area contributed by atoms with Gasteiger partial charge < -0.3 is 15.2 Å². The molecule has 0 amide bonds. The lowest BCUT2D eigenvalue weighted by molar-refractivity contribution is -0.387. The number of aliphatic hydroxyl groups is 1. The maximum absolute atomic E-state index is 13.4. The molecule has 1 aliphatic heterocycles. The number of piperidine rings is 1. The van der Waals surface area contributed by atoms with E-state index in [4.69, 9.17) is 4.74 Å². The van der Waals surface area contributed by atoms with Crippen molar-refractivity contribution in [1.82, 2.24) is 5.32 Å². The molecule has 0 radical (unpaired) electrons. The monoisotopic (exact) mass is 270 g/mol. The van der Waals surface area contributed by atoms with Gasteiger partial charge in [-0.3, -0.25) is 10.1 Å². The van der Waals surface area contributed by atoms with Gasteiger partial charge >= 0.3 is 5.69 Å². The highest BCUT2D eigenvalue weighted by atomic mass is 19.1. The second-order valence-corrected chi connectivity index (χ2v) is 4.63. The van der Waals surface area contributed by atoms with Crippen molar-refractivity contribution >= 4 is 5.69 Å². The Labute approximate surface area is 109 Å². The number of benzene rings is 1. The van der Waals surface area contributed by atoms with Crippen LogP contribution in [-0.4, -0.2) is 35.3 Å². The van der Waals surface area contributed by atoms with Crippen LogP contribution >= 0.6 is 0 Å². The standard InChI is InChI=1S/C12H15FN2O4/c13-10-7-9(1-2-11(10)15(17)18)19-8-12(16)3-5-14-6-4-12/h1-2,7,14,16H,3-6,8H2. The molecule has 0 atom stereocenters. The van der Waals surface area contributed by atoms with Crippen LogP contribution in [0.1, 0.15) is 12.8 Å². The van der Waals surface area contributed by atoms with Crippen LogP contribution in [0.25, 0.3) is 0 Å². The first-order valence-corrected chi connectivity index (χ1v) is 6.00. The van der Waals surface area contributed by atoms with Crippen molar-refractivity contribution in [3.63, 3.8) is 0 Å². The van der Waals surface area contributed by atoms with E-state index in [9.17, 15) is 19.6 Å². The Balaban J connectivity index is 2.00. The minimum atomic E-state index is -0.945. The molecule has 1 aromatic carbocycles. The van der Waals surface area contributed by atoms with Crippen LogP contribution in [0.5, 0.6) is 5.75 Å². The lowest BCUT2D eigenvalue weighted by Gasteiger charge is -2.32. The van der Waals surface area contributed by atoms with Crippen LogP contribution in [0.3, 0.4) is 0 Å². The summed E-state index contributed by atoms with van der Waals surface area (Å²) in [4.78, 5) is 9.67. The van der Waals surface area contributed by atoms with E-state index >= 15 is 0 Å². The molecule has 1 heterocycles. The normalized spacial score (nSPS) is 18.0. The van der Waals surface area contributed by atoms with Crippen LogP contribution in [0, 0.1) is 15.9 Å². The van der Waals surface area contributed by atoms with Crippen molar-refractivity contribution in [3.05, 3.63) is 34.1 Å². The van der Waals surface area contributed by atoms with Crippen LogP contribution in [0.2, 0.25) is 0 Å². The van der Waals surface area contributed by atoms with Crippen molar-refractivity contribution in [3.8, 4) is 5.75 Å². The lowest BCUT2D eigenvalue weighted by atomic mass is 9.93. The Kier molecular flexibility index (Phi) is 3.96. The molecule has 0 saturated carbocycles. The highest BCUT2D eigenvalue weighted by Gasteiger charge is 2.30. The molecule has 1 saturated heterocycles. The predicted molar refractivity (Wildman–Crippen MR) is 65.6 cm³/mol. The predicted octanol–water partition coefficient (Wildman–Crippen LogP) is 1.23. The van der Waals surface area contributed by atoms with E-state index in [1.54, 1.807) is 0 Å². The van der Waals surface area contributed by atoms with Gasteiger partial charge in [0.25, 0.3) is 0 Å². The van der Waals surface area contributed by atoms with Crippen LogP contribution in [0.4, 0.5) is 10.1 Å². The maximum Gasteiger partial charge on any atom is 0.305 e. The maximum atomic E-state index is 13.4. The van der Waals surface area contributed by atoms with Gasteiger partial charge in [-0.05, 0) is 32.0 Å². The molecule has 19 heavy (non-hydrogen) atoms. The minimum absolute atomic E-state index is 0.0476. The van der Waals surface area contributed by atoms with Crippen LogP contribution in [-0.2, 0) is 0 Å². The topological polar surface area (TPSA) is 84.6 Å². The third-order valence-electron chi connectivity index (χ3n) is 3.16. The number of rotatable bonds is 4. The quantitative estimate of drug-likeness (QED) is 0.635. The average molecular weight is 270 g/mol. The van der Waals surface area contributed by atoms with E-state index in [1.165, 1.54) is 6.07 Å². The number of ether oxygens (including phenoxy) is 1. The molecule has 0 bridgehead atoms. The number of nitro benzene ring substituents is 1. The van der Waals surface area contributed by atoms with Gasteiger partial charge in [0.05, 0.1) is 4.92 Å². The summed E-state index contributed by atoms with van der Waals surface area (Å²) >= 11 is 0. The zero-order valence-corrected chi connectivity index (χ0v) is 10.3. The first kappa shape index (κ1) is 13.7. The number of halogens is 1. The Morgan fingerprint density at radius 1 is 1.47 bits per heavy atom. The van der Waals surface area contributed by atoms with Gasteiger partial charge in [0.15, 0.2) is 0 Å². The highest BCUT2D eigenvalue weighted by molar-refractivity contribution is 5.37. The molecule has 2 N–H and O–H groups in total. The number of nitro groups is 1.